The second kappa shape index (κ2) is 8.99. The molecule has 10 heteroatoms. The summed E-state index contributed by atoms with van der Waals surface area (Å²) in [6, 6.07) is 16.7. The van der Waals surface area contributed by atoms with Crippen molar-refractivity contribution in [3.05, 3.63) is 93.2 Å². The molecule has 0 fully saturated rings. The van der Waals surface area contributed by atoms with Gasteiger partial charge in [-0.3, -0.25) is 20.3 Å². The van der Waals surface area contributed by atoms with Gasteiger partial charge in [0.15, 0.2) is 0 Å². The van der Waals surface area contributed by atoms with Gasteiger partial charge in [0.25, 0.3) is 15.7 Å². The van der Waals surface area contributed by atoms with Crippen molar-refractivity contribution in [3.63, 3.8) is 0 Å². The number of hydrogen-bond acceptors (Lipinski definition) is 6. The van der Waals surface area contributed by atoms with Gasteiger partial charge in [-0.1, -0.05) is 35.9 Å². The van der Waals surface area contributed by atoms with Crippen molar-refractivity contribution in [2.24, 2.45) is 5.10 Å². The molecule has 4 rings (SSSR count). The molecule has 4 aromatic rings. The Hall–Kier alpha value is -4.18. The third-order valence-electron chi connectivity index (χ3n) is 5.42. The third-order valence-corrected chi connectivity index (χ3v) is 6.79. The van der Waals surface area contributed by atoms with Gasteiger partial charge in [-0.25, -0.2) is 8.42 Å². The molecule has 174 valence electrons. The molecule has 0 bridgehead atoms. The van der Waals surface area contributed by atoms with Crippen LogP contribution in [0.2, 0.25) is 0 Å². The maximum atomic E-state index is 12.9. The summed E-state index contributed by atoms with van der Waals surface area (Å²) in [6.45, 7) is 5.60. The SMILES string of the molecule is Cc1ccc(NS(=O)(=O)c2ccc(N/N=C/c3c(C)[nH]c4ccccc34)c([N+](=O)[O-])c2)c(C)c1. The molecule has 34 heavy (non-hydrogen) atoms. The predicted molar refractivity (Wildman–Crippen MR) is 134 cm³/mol. The molecule has 1 heterocycles. The largest absolute Gasteiger partial charge is 0.358 e. The highest BCUT2D eigenvalue weighted by Crippen LogP contribution is 2.29. The summed E-state index contributed by atoms with van der Waals surface area (Å²) in [6.07, 6.45) is 1.57. The first-order valence-electron chi connectivity index (χ1n) is 10.4. The van der Waals surface area contributed by atoms with Crippen molar-refractivity contribution in [1.82, 2.24) is 4.98 Å². The Morgan fingerprint density at radius 2 is 1.74 bits per heavy atom. The number of para-hydroxylation sites is 1. The molecule has 0 unspecified atom stereocenters. The van der Waals surface area contributed by atoms with E-state index in [1.165, 1.54) is 12.1 Å². The van der Waals surface area contributed by atoms with Crippen molar-refractivity contribution < 1.29 is 13.3 Å². The highest BCUT2D eigenvalue weighted by Gasteiger charge is 2.22. The quantitative estimate of drug-likeness (QED) is 0.190. The number of nitrogens with one attached hydrogen (secondary N) is 3. The number of nitro groups is 1. The van der Waals surface area contributed by atoms with Crippen LogP contribution in [0.15, 0.2) is 70.7 Å². The molecule has 0 amide bonds. The van der Waals surface area contributed by atoms with Crippen molar-refractivity contribution in [2.75, 3.05) is 10.1 Å². The first-order chi connectivity index (χ1) is 16.2. The Bertz CT molecular complexity index is 1540. The standard InChI is InChI=1S/C24H23N5O4S/c1-15-8-10-21(16(2)12-15)28-34(32,33)18-9-11-23(24(13-18)29(30)31)27-25-14-20-17(3)26-22-7-5-4-6-19(20)22/h4-14,26-28H,1-3H3/b25-14+. The van der Waals surface area contributed by atoms with Gasteiger partial charge in [-0.15, -0.1) is 0 Å². The number of fused-ring (bicyclic) bond motifs is 1. The molecule has 0 aliphatic rings. The van der Waals surface area contributed by atoms with Crippen LogP contribution in [0.4, 0.5) is 17.1 Å². The van der Waals surface area contributed by atoms with Crippen LogP contribution in [0.25, 0.3) is 10.9 Å². The van der Waals surface area contributed by atoms with E-state index in [9.17, 15) is 18.5 Å². The van der Waals surface area contributed by atoms with Gasteiger partial charge in [0.05, 0.1) is 21.7 Å². The van der Waals surface area contributed by atoms with E-state index < -0.39 is 20.6 Å². The van der Waals surface area contributed by atoms with Gasteiger partial charge < -0.3 is 4.98 Å². The highest BCUT2D eigenvalue weighted by molar-refractivity contribution is 7.92. The van der Waals surface area contributed by atoms with Gasteiger partial charge in [0.2, 0.25) is 0 Å². The zero-order chi connectivity index (χ0) is 24.5. The molecule has 0 atom stereocenters. The lowest BCUT2D eigenvalue weighted by Crippen LogP contribution is -2.14. The number of hydrazone groups is 1. The minimum Gasteiger partial charge on any atom is -0.358 e. The predicted octanol–water partition coefficient (Wildman–Crippen LogP) is 5.25. The van der Waals surface area contributed by atoms with Crippen LogP contribution in [0.1, 0.15) is 22.4 Å². The van der Waals surface area contributed by atoms with Crippen molar-refractivity contribution in [2.45, 2.75) is 25.7 Å². The molecular weight excluding hydrogens is 454 g/mol. The van der Waals surface area contributed by atoms with Crippen molar-refractivity contribution in [3.8, 4) is 0 Å². The van der Waals surface area contributed by atoms with Crippen LogP contribution in [0.3, 0.4) is 0 Å². The Labute approximate surface area is 196 Å². The summed E-state index contributed by atoms with van der Waals surface area (Å²) in [7, 11) is -4.03. The second-order valence-corrected chi connectivity index (χ2v) is 9.62. The molecule has 9 nitrogen and oxygen atoms in total. The van der Waals surface area contributed by atoms with Crippen LogP contribution in [0, 0.1) is 30.9 Å². The molecule has 3 aromatic carbocycles. The van der Waals surface area contributed by atoms with Crippen LogP contribution < -0.4 is 10.1 Å². The Balaban J connectivity index is 1.61. The fourth-order valence-corrected chi connectivity index (χ4v) is 4.84. The number of nitrogens with zero attached hydrogens (tertiary/aromatic N) is 2. The zero-order valence-electron chi connectivity index (χ0n) is 18.8. The molecule has 0 aliphatic carbocycles. The van der Waals surface area contributed by atoms with Crippen LogP contribution in [-0.2, 0) is 10.0 Å². The van der Waals surface area contributed by atoms with Crippen molar-refractivity contribution >= 4 is 44.2 Å². The van der Waals surface area contributed by atoms with Crippen LogP contribution >= 0.6 is 0 Å². The van der Waals surface area contributed by atoms with E-state index in [4.69, 9.17) is 0 Å². The summed E-state index contributed by atoms with van der Waals surface area (Å²) >= 11 is 0. The molecule has 0 spiro atoms. The lowest BCUT2D eigenvalue weighted by molar-refractivity contribution is -0.384. The Morgan fingerprint density at radius 1 is 1.00 bits per heavy atom. The minimum absolute atomic E-state index is 0.0733. The van der Waals surface area contributed by atoms with E-state index in [0.29, 0.717) is 5.69 Å². The number of benzene rings is 3. The number of aryl methyl sites for hydroxylation is 3. The van der Waals surface area contributed by atoms with E-state index >= 15 is 0 Å². The van der Waals surface area contributed by atoms with E-state index in [1.54, 1.807) is 25.3 Å². The number of sulfonamides is 1. The summed E-state index contributed by atoms with van der Waals surface area (Å²) in [5.41, 5.74) is 7.20. The number of aromatic amines is 1. The fourth-order valence-electron chi connectivity index (χ4n) is 3.69. The highest BCUT2D eigenvalue weighted by atomic mass is 32.2. The van der Waals surface area contributed by atoms with Crippen molar-refractivity contribution in [1.29, 1.82) is 0 Å². The topological polar surface area (TPSA) is 129 Å². The van der Waals surface area contributed by atoms with E-state index in [-0.39, 0.29) is 10.6 Å². The third kappa shape index (κ3) is 4.62. The van der Waals surface area contributed by atoms with Gasteiger partial charge in [0.1, 0.15) is 5.69 Å². The van der Waals surface area contributed by atoms with Crippen LogP contribution in [0.5, 0.6) is 0 Å². The molecule has 1 aromatic heterocycles. The molecule has 0 radical (unpaired) electrons. The number of nitro benzene ring substituents is 1. The average Bonchev–Trinajstić information content (AvgIpc) is 3.10. The number of hydrogen-bond donors (Lipinski definition) is 3. The van der Waals surface area contributed by atoms with Gasteiger partial charge in [0, 0.05) is 28.2 Å². The molecule has 3 N–H and O–H groups in total. The zero-order valence-corrected chi connectivity index (χ0v) is 19.6. The molecular formula is C24H23N5O4S. The first kappa shape index (κ1) is 23.0. The number of rotatable bonds is 7. The maximum Gasteiger partial charge on any atom is 0.295 e. The van der Waals surface area contributed by atoms with E-state index in [1.807, 2.05) is 44.2 Å². The lowest BCUT2D eigenvalue weighted by atomic mass is 10.1. The van der Waals surface area contributed by atoms with Gasteiger partial charge in [-0.2, -0.15) is 5.10 Å². The average molecular weight is 478 g/mol. The summed E-state index contributed by atoms with van der Waals surface area (Å²) in [4.78, 5) is 14.1. The minimum atomic E-state index is -4.03. The number of anilines is 2. The molecule has 0 saturated heterocycles. The monoisotopic (exact) mass is 477 g/mol. The summed E-state index contributed by atoms with van der Waals surface area (Å²) < 4.78 is 28.2. The first-order valence-corrected chi connectivity index (χ1v) is 11.9. The van der Waals surface area contributed by atoms with Gasteiger partial charge in [-0.05, 0) is 50.6 Å². The maximum absolute atomic E-state index is 12.9. The van der Waals surface area contributed by atoms with E-state index in [2.05, 4.69) is 20.2 Å². The lowest BCUT2D eigenvalue weighted by Gasteiger charge is -2.12. The molecule has 0 saturated carbocycles. The molecule has 0 aliphatic heterocycles. The summed E-state index contributed by atoms with van der Waals surface area (Å²) in [5.74, 6) is 0. The summed E-state index contributed by atoms with van der Waals surface area (Å²) in [5, 5.41) is 16.8. The van der Waals surface area contributed by atoms with E-state index in [0.717, 1.165) is 39.4 Å². The fraction of sp³-hybridized carbons (Fsp3) is 0.125. The smallest absolute Gasteiger partial charge is 0.295 e. The number of H-pyrrole nitrogens is 1. The number of aromatic nitrogens is 1. The normalized spacial score (nSPS) is 11.7. The Kier molecular flexibility index (Phi) is 6.08. The van der Waals surface area contributed by atoms with Crippen LogP contribution in [-0.4, -0.2) is 24.5 Å². The second-order valence-electron chi connectivity index (χ2n) is 7.94. The Morgan fingerprint density at radius 3 is 2.47 bits per heavy atom. The van der Waals surface area contributed by atoms with Gasteiger partial charge >= 0.3 is 0 Å².